The molecule has 0 amide bonds. The van der Waals surface area contributed by atoms with Crippen LogP contribution in [0.15, 0.2) is 61.0 Å². The average Bonchev–Trinajstić information content (AvgIpc) is 3.24. The number of allylic oxidation sites excluding steroid dienone is 1. The minimum absolute atomic E-state index is 0.0916. The van der Waals surface area contributed by atoms with Crippen LogP contribution in [0.1, 0.15) is 23.0 Å². The lowest BCUT2D eigenvalue weighted by Crippen LogP contribution is -2.37. The van der Waals surface area contributed by atoms with E-state index in [1.54, 1.807) is 12.2 Å². The fourth-order valence-corrected chi connectivity index (χ4v) is 3.39. The van der Waals surface area contributed by atoms with Gasteiger partial charge < -0.3 is 15.4 Å². The maximum atomic E-state index is 5.94. The van der Waals surface area contributed by atoms with Gasteiger partial charge in [-0.25, -0.2) is 15.4 Å². The molecule has 0 spiro atoms. The van der Waals surface area contributed by atoms with Crippen molar-refractivity contribution >= 4 is 17.7 Å². The first kappa shape index (κ1) is 19.2. The van der Waals surface area contributed by atoms with Crippen molar-refractivity contribution in [1.29, 1.82) is 0 Å². The normalized spacial score (nSPS) is 19.6. The van der Waals surface area contributed by atoms with Crippen molar-refractivity contribution in [2.75, 3.05) is 36.2 Å². The van der Waals surface area contributed by atoms with Crippen LogP contribution in [0.5, 0.6) is 0 Å². The highest BCUT2D eigenvalue weighted by atomic mass is 16.5. The number of nitrogens with two attached hydrogens (primary N) is 1. The molecular weight excluding hydrogens is 364 g/mol. The van der Waals surface area contributed by atoms with Crippen molar-refractivity contribution in [3.05, 3.63) is 77.9 Å². The molecule has 7 nitrogen and oxygen atoms in total. The number of hydrogen-bond acceptors (Lipinski definition) is 7. The van der Waals surface area contributed by atoms with Crippen LogP contribution < -0.4 is 21.1 Å². The van der Waals surface area contributed by atoms with E-state index in [-0.39, 0.29) is 6.04 Å². The lowest BCUT2D eigenvalue weighted by Gasteiger charge is -2.29. The molecule has 1 aromatic carbocycles. The molecule has 7 heteroatoms. The summed E-state index contributed by atoms with van der Waals surface area (Å²) in [5, 5.41) is 1.93. The first-order valence-corrected chi connectivity index (χ1v) is 9.74. The predicted octanol–water partition coefficient (Wildman–Crippen LogP) is 2.69. The van der Waals surface area contributed by atoms with Gasteiger partial charge in [-0.2, -0.15) is 0 Å². The van der Waals surface area contributed by atoms with E-state index < -0.39 is 0 Å². The number of nitrogens with zero attached hydrogens (tertiary/aromatic N) is 4. The topological polar surface area (TPSA) is 79.5 Å². The molecule has 3 heterocycles. The quantitative estimate of drug-likeness (QED) is 0.760. The third-order valence-corrected chi connectivity index (χ3v) is 4.94. The molecule has 0 bridgehead atoms. The second-order valence-corrected chi connectivity index (χ2v) is 7.12. The summed E-state index contributed by atoms with van der Waals surface area (Å²) in [6.45, 7) is 8.79. The summed E-state index contributed by atoms with van der Waals surface area (Å²) in [7, 11) is 0. The molecule has 1 unspecified atom stereocenters. The van der Waals surface area contributed by atoms with E-state index >= 15 is 0 Å². The van der Waals surface area contributed by atoms with Gasteiger partial charge in [0.25, 0.3) is 0 Å². The Labute approximate surface area is 171 Å². The fraction of sp³-hybridized carbons (Fsp3) is 0.273. The smallest absolute Gasteiger partial charge is 0.158 e. The average molecular weight is 390 g/mol. The molecule has 2 aromatic rings. The number of anilines is 2. The highest BCUT2D eigenvalue weighted by Gasteiger charge is 2.21. The van der Waals surface area contributed by atoms with Gasteiger partial charge in [-0.3, -0.25) is 5.01 Å². The first-order valence-electron chi connectivity index (χ1n) is 9.74. The zero-order valence-electron chi connectivity index (χ0n) is 16.6. The van der Waals surface area contributed by atoms with Crippen LogP contribution in [0.3, 0.4) is 0 Å². The Morgan fingerprint density at radius 2 is 2.03 bits per heavy atom. The van der Waals surface area contributed by atoms with Crippen LogP contribution >= 0.6 is 0 Å². The molecule has 1 saturated heterocycles. The Balaban J connectivity index is 1.63. The zero-order chi connectivity index (χ0) is 20.2. The highest BCUT2D eigenvalue weighted by molar-refractivity contribution is 5.59. The van der Waals surface area contributed by atoms with E-state index in [2.05, 4.69) is 64.1 Å². The maximum Gasteiger partial charge on any atom is 0.158 e. The van der Waals surface area contributed by atoms with Gasteiger partial charge in [0.05, 0.1) is 19.3 Å². The first-order chi connectivity index (χ1) is 14.1. The molecule has 0 saturated carbocycles. The Kier molecular flexibility index (Phi) is 5.59. The number of aryl methyl sites for hydroxylation is 1. The van der Waals surface area contributed by atoms with Gasteiger partial charge in [0.15, 0.2) is 11.6 Å². The number of nitrogens with one attached hydrogen (secondary N) is 1. The number of rotatable bonds is 5. The summed E-state index contributed by atoms with van der Waals surface area (Å²) < 4.78 is 5.47. The maximum absolute atomic E-state index is 5.94. The molecule has 1 atom stereocenters. The Bertz CT molecular complexity index is 948. The molecule has 1 aromatic heterocycles. The van der Waals surface area contributed by atoms with Crippen molar-refractivity contribution < 1.29 is 4.74 Å². The van der Waals surface area contributed by atoms with Crippen LogP contribution in [0, 0.1) is 6.92 Å². The van der Waals surface area contributed by atoms with Crippen molar-refractivity contribution in [3.8, 4) is 0 Å². The molecule has 150 valence electrons. The largest absolute Gasteiger partial charge is 0.399 e. The van der Waals surface area contributed by atoms with Gasteiger partial charge in [-0.05, 0) is 24.6 Å². The SMILES string of the molecule is C=CC(N)=Cc1nc(N2CCOCC2)cc(N2C=CC(c3cccc(C)c3)N2)n1. The molecule has 29 heavy (non-hydrogen) atoms. The number of hydrazine groups is 1. The molecule has 4 rings (SSSR count). The van der Waals surface area contributed by atoms with E-state index in [1.165, 1.54) is 11.1 Å². The third kappa shape index (κ3) is 4.47. The second kappa shape index (κ2) is 8.46. The predicted molar refractivity (Wildman–Crippen MR) is 116 cm³/mol. The van der Waals surface area contributed by atoms with Crippen molar-refractivity contribution in [2.24, 2.45) is 5.73 Å². The molecule has 2 aliphatic rings. The van der Waals surface area contributed by atoms with Crippen LogP contribution in [-0.2, 0) is 4.74 Å². The van der Waals surface area contributed by atoms with E-state index in [1.807, 2.05) is 17.3 Å². The fourth-order valence-electron chi connectivity index (χ4n) is 3.39. The number of ether oxygens (including phenoxy) is 1. The summed E-state index contributed by atoms with van der Waals surface area (Å²) in [6, 6.07) is 10.6. The monoisotopic (exact) mass is 390 g/mol. The van der Waals surface area contributed by atoms with Gasteiger partial charge in [0.1, 0.15) is 5.82 Å². The van der Waals surface area contributed by atoms with E-state index in [9.17, 15) is 0 Å². The van der Waals surface area contributed by atoms with Crippen LogP contribution in [0.2, 0.25) is 0 Å². The van der Waals surface area contributed by atoms with Gasteiger partial charge in [-0.15, -0.1) is 0 Å². The molecule has 3 N–H and O–H groups in total. The summed E-state index contributed by atoms with van der Waals surface area (Å²) in [4.78, 5) is 11.6. The summed E-state index contributed by atoms with van der Waals surface area (Å²) in [5.41, 5.74) is 12.4. The summed E-state index contributed by atoms with van der Waals surface area (Å²) in [6.07, 6.45) is 7.45. The van der Waals surface area contributed by atoms with E-state index in [4.69, 9.17) is 10.5 Å². The van der Waals surface area contributed by atoms with E-state index in [0.29, 0.717) is 24.7 Å². The lowest BCUT2D eigenvalue weighted by atomic mass is 10.1. The number of aromatic nitrogens is 2. The Hall–Kier alpha value is -3.16. The van der Waals surface area contributed by atoms with Crippen LogP contribution in [-0.4, -0.2) is 36.3 Å². The molecule has 0 aliphatic carbocycles. The van der Waals surface area contributed by atoms with Crippen molar-refractivity contribution in [2.45, 2.75) is 13.0 Å². The van der Waals surface area contributed by atoms with Crippen molar-refractivity contribution in [3.63, 3.8) is 0 Å². The van der Waals surface area contributed by atoms with E-state index in [0.717, 1.165) is 24.7 Å². The molecule has 2 aliphatic heterocycles. The van der Waals surface area contributed by atoms with Gasteiger partial charge in [-0.1, -0.05) is 36.4 Å². The molecular formula is C22H26N6O. The zero-order valence-corrected chi connectivity index (χ0v) is 16.6. The third-order valence-electron chi connectivity index (χ3n) is 4.94. The summed E-state index contributed by atoms with van der Waals surface area (Å²) in [5.74, 6) is 2.17. The Morgan fingerprint density at radius 1 is 1.24 bits per heavy atom. The molecule has 1 fully saturated rings. The summed E-state index contributed by atoms with van der Waals surface area (Å²) >= 11 is 0. The standard InChI is InChI=1S/C22H26N6O/c1-3-18(23)14-20-24-21(27-9-11-29-12-10-27)15-22(25-20)28-8-7-19(26-28)17-6-4-5-16(2)13-17/h3-8,13-15,19,26H,1,9-12,23H2,2H3. The minimum atomic E-state index is 0.0916. The minimum Gasteiger partial charge on any atom is -0.399 e. The van der Waals surface area contributed by atoms with Crippen molar-refractivity contribution in [1.82, 2.24) is 15.4 Å². The highest BCUT2D eigenvalue weighted by Crippen LogP contribution is 2.26. The van der Waals surface area contributed by atoms with Crippen LogP contribution in [0.4, 0.5) is 11.6 Å². The number of hydrogen-bond donors (Lipinski definition) is 2. The van der Waals surface area contributed by atoms with Crippen LogP contribution in [0.25, 0.3) is 6.08 Å². The lowest BCUT2D eigenvalue weighted by molar-refractivity contribution is 0.122. The number of morpholine rings is 1. The van der Waals surface area contributed by atoms with Gasteiger partial charge >= 0.3 is 0 Å². The Morgan fingerprint density at radius 3 is 2.79 bits per heavy atom. The number of benzene rings is 1. The second-order valence-electron chi connectivity index (χ2n) is 7.12. The van der Waals surface area contributed by atoms with Gasteiger partial charge in [0.2, 0.25) is 0 Å². The molecule has 0 radical (unpaired) electrons. The van der Waals surface area contributed by atoms with Gasteiger partial charge in [0, 0.05) is 37.1 Å².